The summed E-state index contributed by atoms with van der Waals surface area (Å²) in [5.74, 6) is -0.290. The first kappa shape index (κ1) is 22.2. The number of carbonyl (C=O) groups is 1. The SMILES string of the molecule is CN(CCCC(=O)Nc1ccc(OCC(F)(F)F)cc1)S(=O)(=O)c1cccs1. The average molecular weight is 436 g/mol. The Bertz CT molecular complexity index is 867. The molecule has 0 saturated carbocycles. The van der Waals surface area contributed by atoms with Crippen LogP contribution in [0.4, 0.5) is 18.9 Å². The summed E-state index contributed by atoms with van der Waals surface area (Å²) < 4.78 is 66.8. The molecule has 0 fully saturated rings. The normalized spacial score (nSPS) is 12.2. The quantitative estimate of drug-likeness (QED) is 0.650. The summed E-state index contributed by atoms with van der Waals surface area (Å²) in [7, 11) is -2.10. The monoisotopic (exact) mass is 436 g/mol. The number of carbonyl (C=O) groups excluding carboxylic acids is 1. The van der Waals surface area contributed by atoms with Gasteiger partial charge in [0, 0.05) is 25.7 Å². The molecule has 0 atom stereocenters. The van der Waals surface area contributed by atoms with Crippen LogP contribution < -0.4 is 10.1 Å². The van der Waals surface area contributed by atoms with Crippen molar-refractivity contribution < 1.29 is 31.1 Å². The molecule has 11 heteroatoms. The third-order valence-corrected chi connectivity index (χ3v) is 6.81. The van der Waals surface area contributed by atoms with Crippen molar-refractivity contribution in [2.75, 3.05) is 25.5 Å². The van der Waals surface area contributed by atoms with Crippen molar-refractivity contribution in [3.63, 3.8) is 0 Å². The number of nitrogens with zero attached hydrogens (tertiary/aromatic N) is 1. The number of alkyl halides is 3. The second-order valence-corrected chi connectivity index (χ2v) is 9.06. The van der Waals surface area contributed by atoms with E-state index in [1.54, 1.807) is 11.4 Å². The highest BCUT2D eigenvalue weighted by molar-refractivity contribution is 7.91. The fourth-order valence-corrected chi connectivity index (χ4v) is 4.58. The van der Waals surface area contributed by atoms with Crippen molar-refractivity contribution in [3.8, 4) is 5.75 Å². The van der Waals surface area contributed by atoms with E-state index in [9.17, 15) is 26.4 Å². The maximum absolute atomic E-state index is 12.3. The molecule has 0 bridgehead atoms. The topological polar surface area (TPSA) is 75.7 Å². The van der Waals surface area contributed by atoms with E-state index in [1.807, 2.05) is 0 Å². The number of amides is 1. The standard InChI is InChI=1S/C17H19F3N2O4S2/c1-22(28(24,25)16-5-3-11-27-16)10-2-4-15(23)21-13-6-8-14(9-7-13)26-12-17(18,19)20/h3,5-9,11H,2,4,10,12H2,1H3,(H,21,23). The number of benzene rings is 1. The van der Waals surface area contributed by atoms with Crippen LogP contribution in [0.15, 0.2) is 46.0 Å². The Hall–Kier alpha value is -2.11. The smallest absolute Gasteiger partial charge is 0.422 e. The van der Waals surface area contributed by atoms with Gasteiger partial charge in [-0.2, -0.15) is 13.2 Å². The van der Waals surface area contributed by atoms with E-state index in [2.05, 4.69) is 10.1 Å². The van der Waals surface area contributed by atoms with E-state index in [0.717, 1.165) is 11.3 Å². The lowest BCUT2D eigenvalue weighted by Gasteiger charge is -2.15. The summed E-state index contributed by atoms with van der Waals surface area (Å²) in [5, 5.41) is 4.27. The molecule has 1 aromatic heterocycles. The summed E-state index contributed by atoms with van der Waals surface area (Å²) in [5.41, 5.74) is 0.406. The van der Waals surface area contributed by atoms with Gasteiger partial charge in [0.1, 0.15) is 9.96 Å². The number of thiophene rings is 1. The van der Waals surface area contributed by atoms with Crippen LogP contribution in [0.25, 0.3) is 0 Å². The number of ether oxygens (including phenoxy) is 1. The van der Waals surface area contributed by atoms with E-state index >= 15 is 0 Å². The van der Waals surface area contributed by atoms with Crippen LogP contribution in [-0.2, 0) is 14.8 Å². The molecular formula is C17H19F3N2O4S2. The Morgan fingerprint density at radius 1 is 1.21 bits per heavy atom. The first-order valence-corrected chi connectivity index (χ1v) is 10.5. The summed E-state index contributed by atoms with van der Waals surface area (Å²) in [6.45, 7) is -1.21. The van der Waals surface area contributed by atoms with Crippen LogP contribution in [0.2, 0.25) is 0 Å². The maximum atomic E-state index is 12.3. The largest absolute Gasteiger partial charge is 0.484 e. The molecule has 0 aliphatic heterocycles. The highest BCUT2D eigenvalue weighted by Crippen LogP contribution is 2.21. The zero-order valence-electron chi connectivity index (χ0n) is 14.9. The van der Waals surface area contributed by atoms with Crippen molar-refractivity contribution in [1.82, 2.24) is 4.31 Å². The predicted molar refractivity (Wildman–Crippen MR) is 100.0 cm³/mol. The molecule has 28 heavy (non-hydrogen) atoms. The Morgan fingerprint density at radius 3 is 2.46 bits per heavy atom. The van der Waals surface area contributed by atoms with Crippen LogP contribution in [0.1, 0.15) is 12.8 Å². The number of sulfonamides is 1. The number of hydrogen-bond acceptors (Lipinski definition) is 5. The van der Waals surface area contributed by atoms with Gasteiger partial charge >= 0.3 is 6.18 Å². The molecule has 0 unspecified atom stereocenters. The highest BCUT2D eigenvalue weighted by Gasteiger charge is 2.28. The lowest BCUT2D eigenvalue weighted by Crippen LogP contribution is -2.28. The molecule has 2 rings (SSSR count). The first-order valence-electron chi connectivity index (χ1n) is 8.17. The van der Waals surface area contributed by atoms with Crippen molar-refractivity contribution in [2.24, 2.45) is 0 Å². The predicted octanol–water partition coefficient (Wildman–Crippen LogP) is 3.73. The lowest BCUT2D eigenvalue weighted by atomic mass is 10.2. The summed E-state index contributed by atoms with van der Waals surface area (Å²) in [4.78, 5) is 12.0. The van der Waals surface area contributed by atoms with Crippen LogP contribution in [0, 0.1) is 0 Å². The van der Waals surface area contributed by atoms with E-state index in [0.29, 0.717) is 12.1 Å². The van der Waals surface area contributed by atoms with Crippen molar-refractivity contribution in [1.29, 1.82) is 0 Å². The minimum atomic E-state index is -4.42. The molecule has 0 saturated heterocycles. The third-order valence-electron chi connectivity index (χ3n) is 3.58. The van der Waals surface area contributed by atoms with E-state index in [4.69, 9.17) is 0 Å². The Morgan fingerprint density at radius 2 is 1.89 bits per heavy atom. The minimum Gasteiger partial charge on any atom is -0.484 e. The molecule has 1 heterocycles. The Balaban J connectivity index is 1.76. The number of rotatable bonds is 9. The van der Waals surface area contributed by atoms with Crippen molar-refractivity contribution in [2.45, 2.75) is 23.2 Å². The van der Waals surface area contributed by atoms with Gasteiger partial charge in [-0.15, -0.1) is 11.3 Å². The number of nitrogens with one attached hydrogen (secondary N) is 1. The average Bonchev–Trinajstić information content (AvgIpc) is 3.16. The van der Waals surface area contributed by atoms with E-state index in [-0.39, 0.29) is 28.8 Å². The van der Waals surface area contributed by atoms with Gasteiger partial charge in [-0.25, -0.2) is 12.7 Å². The second-order valence-electron chi connectivity index (χ2n) is 5.84. The summed E-state index contributed by atoms with van der Waals surface area (Å²) in [6, 6.07) is 8.67. The van der Waals surface area contributed by atoms with Crippen molar-refractivity contribution in [3.05, 3.63) is 41.8 Å². The molecule has 0 aliphatic carbocycles. The number of halogens is 3. The lowest BCUT2D eigenvalue weighted by molar-refractivity contribution is -0.153. The van der Waals surface area contributed by atoms with Gasteiger partial charge in [0.15, 0.2) is 6.61 Å². The minimum absolute atomic E-state index is 0.0377. The molecule has 0 radical (unpaired) electrons. The Labute approximate surface area is 165 Å². The van der Waals surface area contributed by atoms with Gasteiger partial charge in [-0.1, -0.05) is 6.07 Å². The van der Waals surface area contributed by atoms with E-state index < -0.39 is 22.8 Å². The molecule has 6 nitrogen and oxygen atoms in total. The zero-order valence-corrected chi connectivity index (χ0v) is 16.5. The van der Waals surface area contributed by atoms with Crippen LogP contribution in [0.3, 0.4) is 0 Å². The van der Waals surface area contributed by atoms with Gasteiger partial charge in [-0.05, 0) is 42.1 Å². The number of anilines is 1. The number of hydrogen-bond donors (Lipinski definition) is 1. The molecule has 2 aromatic rings. The fraction of sp³-hybridized carbons (Fsp3) is 0.353. The highest BCUT2D eigenvalue weighted by atomic mass is 32.2. The molecule has 154 valence electrons. The van der Waals surface area contributed by atoms with Gasteiger partial charge in [0.05, 0.1) is 0 Å². The van der Waals surface area contributed by atoms with Gasteiger partial charge in [0.25, 0.3) is 10.0 Å². The summed E-state index contributed by atoms with van der Waals surface area (Å²) >= 11 is 1.12. The molecular weight excluding hydrogens is 417 g/mol. The van der Waals surface area contributed by atoms with Crippen LogP contribution in [-0.4, -0.2) is 45.0 Å². The first-order chi connectivity index (χ1) is 13.1. The van der Waals surface area contributed by atoms with Crippen LogP contribution >= 0.6 is 11.3 Å². The third kappa shape index (κ3) is 6.80. The van der Waals surface area contributed by atoms with Gasteiger partial charge in [0.2, 0.25) is 5.91 Å². The maximum Gasteiger partial charge on any atom is 0.422 e. The molecule has 1 aromatic carbocycles. The van der Waals surface area contributed by atoms with Gasteiger partial charge < -0.3 is 10.1 Å². The van der Waals surface area contributed by atoms with Crippen LogP contribution in [0.5, 0.6) is 5.75 Å². The molecule has 1 amide bonds. The molecule has 1 N–H and O–H groups in total. The summed E-state index contributed by atoms with van der Waals surface area (Å²) in [6.07, 6.45) is -4.01. The van der Waals surface area contributed by atoms with Crippen molar-refractivity contribution >= 4 is 33.0 Å². The second kappa shape index (κ2) is 9.39. The van der Waals surface area contributed by atoms with Gasteiger partial charge in [-0.3, -0.25) is 4.79 Å². The molecule has 0 aliphatic rings. The fourth-order valence-electron chi connectivity index (χ4n) is 2.17. The Kier molecular flexibility index (Phi) is 7.44. The zero-order chi connectivity index (χ0) is 20.8. The van der Waals surface area contributed by atoms with E-state index in [1.165, 1.54) is 41.7 Å². The molecule has 0 spiro atoms.